The maximum Gasteiger partial charge on any atom is 0.417 e. The molecule has 0 spiro atoms. The van der Waals surface area contributed by atoms with Gasteiger partial charge in [-0.2, -0.15) is 13.2 Å². The number of likely N-dealkylation sites (tertiary alicyclic amines) is 2. The van der Waals surface area contributed by atoms with Gasteiger partial charge in [-0.05, 0) is 25.5 Å². The van der Waals surface area contributed by atoms with E-state index in [-0.39, 0.29) is 30.6 Å². The molecule has 0 saturated carbocycles. The van der Waals surface area contributed by atoms with Gasteiger partial charge >= 0.3 is 12.2 Å². The van der Waals surface area contributed by atoms with Gasteiger partial charge in [0.2, 0.25) is 5.91 Å². The van der Waals surface area contributed by atoms with Crippen LogP contribution in [0.25, 0.3) is 6.08 Å². The van der Waals surface area contributed by atoms with Crippen LogP contribution in [0.2, 0.25) is 0 Å². The van der Waals surface area contributed by atoms with Crippen molar-refractivity contribution in [1.29, 1.82) is 0 Å². The third kappa shape index (κ3) is 4.26. The number of carbonyl (C=O) groups is 2. The fraction of sp³-hybridized carbons (Fsp3) is 0.524. The fourth-order valence-electron chi connectivity index (χ4n) is 4.43. The number of urea groups is 1. The summed E-state index contributed by atoms with van der Waals surface area (Å²) in [7, 11) is 0. The minimum Gasteiger partial charge on any atom is -0.366 e. The first-order valence-electron chi connectivity index (χ1n) is 10.1. The van der Waals surface area contributed by atoms with Crippen LogP contribution in [0.1, 0.15) is 24.5 Å². The van der Waals surface area contributed by atoms with Crippen LogP contribution in [0.15, 0.2) is 24.3 Å². The Morgan fingerprint density at radius 3 is 2.74 bits per heavy atom. The van der Waals surface area contributed by atoms with E-state index in [0.29, 0.717) is 32.6 Å². The molecule has 3 aliphatic rings. The van der Waals surface area contributed by atoms with Gasteiger partial charge in [-0.3, -0.25) is 4.79 Å². The zero-order valence-corrected chi connectivity index (χ0v) is 16.9. The number of hydrogen-bond donors (Lipinski definition) is 1. The van der Waals surface area contributed by atoms with Gasteiger partial charge in [-0.25, -0.2) is 9.18 Å². The monoisotopic (exact) mass is 441 g/mol. The van der Waals surface area contributed by atoms with Gasteiger partial charge < -0.3 is 19.9 Å². The first-order valence-corrected chi connectivity index (χ1v) is 10.1. The van der Waals surface area contributed by atoms with Crippen molar-refractivity contribution in [1.82, 2.24) is 15.1 Å². The molecule has 3 fully saturated rings. The quantitative estimate of drug-likeness (QED) is 0.718. The number of piperidine rings is 1. The highest BCUT2D eigenvalue weighted by atomic mass is 19.4. The average molecular weight is 441 g/mol. The van der Waals surface area contributed by atoms with Crippen LogP contribution in [0.4, 0.5) is 22.4 Å². The molecule has 1 aromatic carbocycles. The molecule has 2 atom stereocenters. The van der Waals surface area contributed by atoms with Crippen molar-refractivity contribution in [2.45, 2.75) is 31.2 Å². The summed E-state index contributed by atoms with van der Waals surface area (Å²) in [6, 6.07) is 2.68. The molecule has 0 aliphatic carbocycles. The SMILES string of the molecule is C[C@@]12CN(C(=O)N3CC(/C=C/c4c(F)cccc4C(F)(F)F)C3)CC[C@@H]1OCC(=O)N2. The third-order valence-electron chi connectivity index (χ3n) is 6.08. The molecule has 0 aromatic heterocycles. The Hall–Kier alpha value is -2.62. The van der Waals surface area contributed by atoms with E-state index >= 15 is 0 Å². The maximum absolute atomic E-state index is 13.9. The second-order valence-electron chi connectivity index (χ2n) is 8.48. The fourth-order valence-corrected chi connectivity index (χ4v) is 4.43. The minimum atomic E-state index is -4.65. The number of rotatable bonds is 2. The van der Waals surface area contributed by atoms with Crippen LogP contribution in [-0.4, -0.2) is 66.2 Å². The summed E-state index contributed by atoms with van der Waals surface area (Å²) >= 11 is 0. The Bertz CT molecular complexity index is 914. The number of morpholine rings is 1. The van der Waals surface area contributed by atoms with Crippen molar-refractivity contribution >= 4 is 18.0 Å². The lowest BCUT2D eigenvalue weighted by Gasteiger charge is -2.50. The highest BCUT2D eigenvalue weighted by Crippen LogP contribution is 2.34. The molecule has 31 heavy (non-hydrogen) atoms. The number of halogens is 4. The van der Waals surface area contributed by atoms with Crippen LogP contribution < -0.4 is 5.32 Å². The van der Waals surface area contributed by atoms with Crippen molar-refractivity contribution in [3.63, 3.8) is 0 Å². The largest absolute Gasteiger partial charge is 0.417 e. The second-order valence-corrected chi connectivity index (χ2v) is 8.48. The molecular formula is C21H23F4N3O3. The molecule has 1 N–H and O–H groups in total. The van der Waals surface area contributed by atoms with Gasteiger partial charge in [0.15, 0.2) is 0 Å². The number of nitrogens with zero attached hydrogens (tertiary/aromatic N) is 2. The van der Waals surface area contributed by atoms with Crippen LogP contribution in [0.5, 0.6) is 0 Å². The summed E-state index contributed by atoms with van der Waals surface area (Å²) in [6.07, 6.45) is -1.53. The third-order valence-corrected chi connectivity index (χ3v) is 6.08. The van der Waals surface area contributed by atoms with Crippen LogP contribution in [0, 0.1) is 11.7 Å². The number of ether oxygens (including phenoxy) is 1. The molecule has 3 heterocycles. The van der Waals surface area contributed by atoms with Gasteiger partial charge in [0, 0.05) is 37.7 Å². The second kappa shape index (κ2) is 7.81. The van der Waals surface area contributed by atoms with E-state index in [9.17, 15) is 27.2 Å². The number of carbonyl (C=O) groups excluding carboxylic acids is 2. The van der Waals surface area contributed by atoms with Gasteiger partial charge in [0.25, 0.3) is 0 Å². The number of fused-ring (bicyclic) bond motifs is 1. The van der Waals surface area contributed by atoms with Gasteiger partial charge in [-0.15, -0.1) is 0 Å². The van der Waals surface area contributed by atoms with E-state index in [4.69, 9.17) is 4.74 Å². The Morgan fingerprint density at radius 1 is 1.29 bits per heavy atom. The zero-order valence-electron chi connectivity index (χ0n) is 16.9. The molecule has 6 nitrogen and oxygen atoms in total. The molecule has 0 bridgehead atoms. The molecule has 3 aliphatic heterocycles. The normalized spacial score (nSPS) is 27.1. The zero-order chi connectivity index (χ0) is 22.4. The Labute approximate surface area is 176 Å². The summed E-state index contributed by atoms with van der Waals surface area (Å²) in [5.74, 6) is -1.31. The average Bonchev–Trinajstić information content (AvgIpc) is 2.65. The van der Waals surface area contributed by atoms with E-state index in [0.717, 1.165) is 24.3 Å². The molecule has 0 radical (unpaired) electrons. The lowest BCUT2D eigenvalue weighted by Crippen LogP contribution is -2.70. The number of nitrogens with one attached hydrogen (secondary N) is 1. The van der Waals surface area contributed by atoms with E-state index in [1.165, 1.54) is 6.08 Å². The molecule has 3 saturated heterocycles. The van der Waals surface area contributed by atoms with E-state index in [1.54, 1.807) is 9.80 Å². The van der Waals surface area contributed by atoms with E-state index in [1.807, 2.05) is 6.92 Å². The summed E-state index contributed by atoms with van der Waals surface area (Å²) in [6.45, 7) is 3.36. The first kappa shape index (κ1) is 21.6. The summed E-state index contributed by atoms with van der Waals surface area (Å²) in [5.41, 5.74) is -2.17. The molecule has 3 amide bonds. The van der Waals surface area contributed by atoms with Gasteiger partial charge in [0.1, 0.15) is 12.4 Å². The van der Waals surface area contributed by atoms with Crippen LogP contribution in [-0.2, 0) is 15.7 Å². The number of benzene rings is 1. The minimum absolute atomic E-state index is 0.0202. The van der Waals surface area contributed by atoms with E-state index in [2.05, 4.69) is 5.32 Å². The molecule has 0 unspecified atom stereocenters. The van der Waals surface area contributed by atoms with Gasteiger partial charge in [0.05, 0.1) is 17.2 Å². The Kier molecular flexibility index (Phi) is 5.45. The number of hydrogen-bond acceptors (Lipinski definition) is 3. The lowest BCUT2D eigenvalue weighted by molar-refractivity contribution is -0.148. The van der Waals surface area contributed by atoms with Crippen molar-refractivity contribution in [2.75, 3.05) is 32.8 Å². The Balaban J connectivity index is 1.36. The van der Waals surface area contributed by atoms with Crippen LogP contribution in [0.3, 0.4) is 0 Å². The molecule has 1 aromatic rings. The van der Waals surface area contributed by atoms with Crippen molar-refractivity contribution in [3.05, 3.63) is 41.2 Å². The first-order chi connectivity index (χ1) is 14.6. The van der Waals surface area contributed by atoms with E-state index < -0.39 is 28.7 Å². The molecule has 4 rings (SSSR count). The summed E-state index contributed by atoms with van der Waals surface area (Å²) < 4.78 is 58.8. The van der Waals surface area contributed by atoms with Crippen LogP contribution >= 0.6 is 0 Å². The summed E-state index contributed by atoms with van der Waals surface area (Å²) in [5, 5.41) is 2.91. The smallest absolute Gasteiger partial charge is 0.366 e. The van der Waals surface area contributed by atoms with Gasteiger partial charge in [-0.1, -0.05) is 18.2 Å². The number of alkyl halides is 3. The predicted octanol–water partition coefficient (Wildman–Crippen LogP) is 2.89. The lowest BCUT2D eigenvalue weighted by atomic mass is 9.86. The highest BCUT2D eigenvalue weighted by molar-refractivity contribution is 5.80. The van der Waals surface area contributed by atoms with Crippen molar-refractivity contribution in [2.24, 2.45) is 5.92 Å². The molecule has 10 heteroatoms. The van der Waals surface area contributed by atoms with Crippen molar-refractivity contribution in [3.8, 4) is 0 Å². The number of amides is 3. The van der Waals surface area contributed by atoms with Crippen molar-refractivity contribution < 1.29 is 31.9 Å². The Morgan fingerprint density at radius 2 is 2.03 bits per heavy atom. The highest BCUT2D eigenvalue weighted by Gasteiger charge is 2.47. The maximum atomic E-state index is 13.9. The predicted molar refractivity (Wildman–Crippen MR) is 103 cm³/mol. The summed E-state index contributed by atoms with van der Waals surface area (Å²) in [4.78, 5) is 27.7. The molecule has 168 valence electrons. The molecular weight excluding hydrogens is 418 g/mol. The topological polar surface area (TPSA) is 61.9 Å². The standard InChI is InChI=1S/C21H23F4N3O3/c1-20-12-27(8-7-17(20)31-11-18(29)26-20)19(30)28-9-13(10-28)5-6-14-15(21(23,24)25)3-2-4-16(14)22/h2-6,13,17H,7-12H2,1H3,(H,26,29)/b6-5+/t17-,20+/m0/s1.